The van der Waals surface area contributed by atoms with Crippen LogP contribution in [0.15, 0.2) is 18.7 Å². The van der Waals surface area contributed by atoms with Gasteiger partial charge < -0.3 is 10.6 Å². The Morgan fingerprint density at radius 2 is 2.04 bits per heavy atom. The second-order valence-electron chi connectivity index (χ2n) is 7.65. The Hall–Kier alpha value is -2.67. The van der Waals surface area contributed by atoms with E-state index in [1.54, 1.807) is 12.4 Å². The number of nitrogens with two attached hydrogens (primary N) is 1. The summed E-state index contributed by atoms with van der Waals surface area (Å²) in [7, 11) is 0. The molecule has 3 aromatic rings. The Labute approximate surface area is 168 Å². The molecule has 0 spiro atoms. The standard InChI is InChI=1S/C20H23ClN6O/c1-11(2)7-13-16(20(28)26-5-4-6-26)14(21)8-15-17(13)25-10-27(15)19-12(3)18(22)23-9-24-19/h8-11H,4-7H2,1-3H3,(H2,22,23,24). The van der Waals surface area contributed by atoms with Gasteiger partial charge in [0.1, 0.15) is 24.3 Å². The second kappa shape index (κ2) is 7.05. The van der Waals surface area contributed by atoms with Crippen molar-refractivity contribution in [3.63, 3.8) is 0 Å². The number of rotatable bonds is 4. The average molecular weight is 399 g/mol. The van der Waals surface area contributed by atoms with Crippen molar-refractivity contribution >= 4 is 34.4 Å². The van der Waals surface area contributed by atoms with E-state index in [1.165, 1.54) is 6.33 Å². The molecular weight excluding hydrogens is 376 g/mol. The Kier molecular flexibility index (Phi) is 4.71. The molecule has 1 aliphatic heterocycles. The van der Waals surface area contributed by atoms with Gasteiger partial charge in [-0.25, -0.2) is 15.0 Å². The Bertz CT molecular complexity index is 1070. The molecule has 0 saturated carbocycles. The monoisotopic (exact) mass is 398 g/mol. The van der Waals surface area contributed by atoms with E-state index in [9.17, 15) is 4.79 Å². The number of benzene rings is 1. The summed E-state index contributed by atoms with van der Waals surface area (Å²) in [5.41, 5.74) is 9.78. The van der Waals surface area contributed by atoms with E-state index in [0.29, 0.717) is 34.6 Å². The number of hydrogen-bond donors (Lipinski definition) is 1. The third-order valence-corrected chi connectivity index (χ3v) is 5.49. The van der Waals surface area contributed by atoms with Gasteiger partial charge in [-0.05, 0) is 37.3 Å². The van der Waals surface area contributed by atoms with Crippen LogP contribution in [0.1, 0.15) is 41.8 Å². The lowest BCUT2D eigenvalue weighted by Crippen LogP contribution is -2.42. The average Bonchev–Trinajstić information content (AvgIpc) is 2.98. The molecule has 146 valence electrons. The number of aromatic nitrogens is 4. The molecule has 8 heteroatoms. The lowest BCUT2D eigenvalue weighted by atomic mass is 9.95. The largest absolute Gasteiger partial charge is 0.383 e. The fraction of sp³-hybridized carbons (Fsp3) is 0.400. The highest BCUT2D eigenvalue weighted by Gasteiger charge is 2.28. The summed E-state index contributed by atoms with van der Waals surface area (Å²) in [5.74, 6) is 1.42. The van der Waals surface area contributed by atoms with E-state index >= 15 is 0 Å². The quantitative estimate of drug-likeness (QED) is 0.727. The molecule has 3 heterocycles. The molecule has 4 rings (SSSR count). The molecule has 0 aliphatic carbocycles. The van der Waals surface area contributed by atoms with Crippen molar-refractivity contribution in [2.45, 2.75) is 33.6 Å². The molecule has 7 nitrogen and oxygen atoms in total. The Morgan fingerprint density at radius 1 is 1.29 bits per heavy atom. The summed E-state index contributed by atoms with van der Waals surface area (Å²) in [4.78, 5) is 27.9. The molecule has 1 aromatic carbocycles. The zero-order chi connectivity index (χ0) is 20.0. The number of carbonyl (C=O) groups is 1. The van der Waals surface area contributed by atoms with Gasteiger partial charge in [0.25, 0.3) is 5.91 Å². The van der Waals surface area contributed by atoms with Crippen LogP contribution in [-0.2, 0) is 6.42 Å². The highest BCUT2D eigenvalue weighted by atomic mass is 35.5. The van der Waals surface area contributed by atoms with Crippen molar-refractivity contribution in [1.29, 1.82) is 0 Å². The minimum atomic E-state index is -0.00851. The number of nitrogens with zero attached hydrogens (tertiary/aromatic N) is 5. The van der Waals surface area contributed by atoms with Gasteiger partial charge in [0.05, 0.1) is 21.6 Å². The van der Waals surface area contributed by atoms with E-state index in [4.69, 9.17) is 17.3 Å². The lowest BCUT2D eigenvalue weighted by molar-refractivity contribution is 0.0651. The van der Waals surface area contributed by atoms with Gasteiger partial charge >= 0.3 is 0 Å². The molecule has 0 bridgehead atoms. The Morgan fingerprint density at radius 3 is 2.68 bits per heavy atom. The van der Waals surface area contributed by atoms with Crippen molar-refractivity contribution in [2.24, 2.45) is 5.92 Å². The highest BCUT2D eigenvalue weighted by molar-refractivity contribution is 6.35. The number of anilines is 1. The predicted octanol–water partition coefficient (Wildman–Crippen LogP) is 3.40. The van der Waals surface area contributed by atoms with Crippen LogP contribution >= 0.6 is 11.6 Å². The van der Waals surface area contributed by atoms with Crippen LogP contribution in [0, 0.1) is 12.8 Å². The van der Waals surface area contributed by atoms with Crippen molar-refractivity contribution in [3.05, 3.63) is 40.4 Å². The molecule has 0 atom stereocenters. The minimum absolute atomic E-state index is 0.00851. The summed E-state index contributed by atoms with van der Waals surface area (Å²) in [6.45, 7) is 7.67. The van der Waals surface area contributed by atoms with E-state index in [0.717, 1.165) is 41.7 Å². The lowest BCUT2D eigenvalue weighted by Gasteiger charge is -2.32. The minimum Gasteiger partial charge on any atom is -0.383 e. The molecule has 2 aromatic heterocycles. The van der Waals surface area contributed by atoms with Crippen molar-refractivity contribution in [2.75, 3.05) is 18.8 Å². The summed E-state index contributed by atoms with van der Waals surface area (Å²) >= 11 is 6.65. The maximum atomic E-state index is 13.0. The molecule has 1 saturated heterocycles. The van der Waals surface area contributed by atoms with Crippen LogP contribution in [-0.4, -0.2) is 43.4 Å². The number of nitrogen functional groups attached to an aromatic ring is 1. The third-order valence-electron chi connectivity index (χ3n) is 5.19. The molecule has 0 unspecified atom stereocenters. The van der Waals surface area contributed by atoms with Crippen LogP contribution in [0.4, 0.5) is 5.82 Å². The maximum Gasteiger partial charge on any atom is 0.255 e. The molecule has 1 aliphatic rings. The van der Waals surface area contributed by atoms with Crippen LogP contribution in [0.3, 0.4) is 0 Å². The van der Waals surface area contributed by atoms with Gasteiger partial charge in [-0.15, -0.1) is 0 Å². The van der Waals surface area contributed by atoms with Gasteiger partial charge in [0.2, 0.25) is 0 Å². The fourth-order valence-electron chi connectivity index (χ4n) is 3.56. The van der Waals surface area contributed by atoms with Crippen LogP contribution in [0.5, 0.6) is 0 Å². The van der Waals surface area contributed by atoms with E-state index in [-0.39, 0.29) is 5.91 Å². The zero-order valence-corrected chi connectivity index (χ0v) is 17.0. The van der Waals surface area contributed by atoms with Crippen molar-refractivity contribution in [3.8, 4) is 5.82 Å². The number of carbonyl (C=O) groups excluding carboxylic acids is 1. The number of amides is 1. The number of imidazole rings is 1. The second-order valence-corrected chi connectivity index (χ2v) is 8.05. The zero-order valence-electron chi connectivity index (χ0n) is 16.2. The maximum absolute atomic E-state index is 13.0. The van der Waals surface area contributed by atoms with Crippen LogP contribution < -0.4 is 5.73 Å². The van der Waals surface area contributed by atoms with Gasteiger partial charge in [0.15, 0.2) is 0 Å². The number of fused-ring (bicyclic) bond motifs is 1. The third kappa shape index (κ3) is 2.99. The highest BCUT2D eigenvalue weighted by Crippen LogP contribution is 2.33. The molecular formula is C20H23ClN6O. The number of hydrogen-bond acceptors (Lipinski definition) is 5. The fourth-order valence-corrected chi connectivity index (χ4v) is 3.86. The number of halogens is 1. The molecule has 1 amide bonds. The van der Waals surface area contributed by atoms with Crippen LogP contribution in [0.25, 0.3) is 16.9 Å². The van der Waals surface area contributed by atoms with Gasteiger partial charge in [-0.2, -0.15) is 0 Å². The summed E-state index contributed by atoms with van der Waals surface area (Å²) in [6.07, 6.45) is 4.89. The molecule has 0 radical (unpaired) electrons. The topological polar surface area (TPSA) is 89.9 Å². The summed E-state index contributed by atoms with van der Waals surface area (Å²) in [5, 5.41) is 0.446. The Balaban J connectivity index is 1.95. The first-order valence-corrected chi connectivity index (χ1v) is 9.81. The summed E-state index contributed by atoms with van der Waals surface area (Å²) < 4.78 is 1.86. The smallest absolute Gasteiger partial charge is 0.255 e. The first-order chi connectivity index (χ1) is 13.4. The normalized spacial score (nSPS) is 14.0. The van der Waals surface area contributed by atoms with Crippen molar-refractivity contribution < 1.29 is 4.79 Å². The van der Waals surface area contributed by atoms with Gasteiger partial charge in [-0.1, -0.05) is 25.4 Å². The molecule has 28 heavy (non-hydrogen) atoms. The van der Waals surface area contributed by atoms with E-state index < -0.39 is 0 Å². The predicted molar refractivity (Wildman–Crippen MR) is 110 cm³/mol. The SMILES string of the molecule is Cc1c(N)ncnc1-n1cnc2c(CC(C)C)c(C(=O)N3CCC3)c(Cl)cc21. The number of likely N-dealkylation sites (tertiary alicyclic amines) is 1. The summed E-state index contributed by atoms with van der Waals surface area (Å²) in [6, 6.07) is 1.80. The van der Waals surface area contributed by atoms with Crippen LogP contribution in [0.2, 0.25) is 5.02 Å². The first-order valence-electron chi connectivity index (χ1n) is 9.43. The molecule has 2 N–H and O–H groups in total. The van der Waals surface area contributed by atoms with Gasteiger partial charge in [-0.3, -0.25) is 9.36 Å². The van der Waals surface area contributed by atoms with E-state index in [2.05, 4.69) is 28.8 Å². The van der Waals surface area contributed by atoms with Gasteiger partial charge in [0, 0.05) is 18.7 Å². The first kappa shape index (κ1) is 18.7. The molecule has 1 fully saturated rings. The van der Waals surface area contributed by atoms with E-state index in [1.807, 2.05) is 16.4 Å². The van der Waals surface area contributed by atoms with Crippen molar-refractivity contribution in [1.82, 2.24) is 24.4 Å².